The van der Waals surface area contributed by atoms with Crippen LogP contribution in [0.25, 0.3) is 0 Å². The summed E-state index contributed by atoms with van der Waals surface area (Å²) >= 11 is 5.85. The Balaban J connectivity index is 1.64. The maximum Gasteiger partial charge on any atom is 0.338 e. The number of nitrogen functional groups attached to an aromatic ring is 1. The molecule has 1 spiro atoms. The average molecular weight is 296 g/mol. The van der Waals surface area contributed by atoms with E-state index in [2.05, 4.69) is 0 Å². The summed E-state index contributed by atoms with van der Waals surface area (Å²) in [4.78, 5) is 12.1. The lowest BCUT2D eigenvalue weighted by Gasteiger charge is -2.46. The molecule has 1 saturated carbocycles. The minimum Gasteiger partial charge on any atom is -0.459 e. The van der Waals surface area contributed by atoms with Crippen LogP contribution < -0.4 is 5.73 Å². The van der Waals surface area contributed by atoms with Crippen LogP contribution in [0, 0.1) is 0 Å². The van der Waals surface area contributed by atoms with Crippen molar-refractivity contribution in [2.24, 2.45) is 0 Å². The molecule has 1 aliphatic carbocycles. The Bertz CT molecular complexity index is 528. The standard InChI is InChI=1S/C15H18ClNO3/c16-12-3-2-10(8-13(12)17)14(18)20-11-4-7-19-15(9-11)5-1-6-15/h2-3,8,11H,1,4-7,9,17H2. The fraction of sp³-hybridized carbons (Fsp3) is 0.533. The lowest BCUT2D eigenvalue weighted by molar-refractivity contribution is -0.159. The summed E-state index contributed by atoms with van der Waals surface area (Å²) < 4.78 is 11.4. The summed E-state index contributed by atoms with van der Waals surface area (Å²) in [6.45, 7) is 0.667. The highest BCUT2D eigenvalue weighted by Crippen LogP contribution is 2.43. The van der Waals surface area contributed by atoms with Crippen LogP contribution in [0.1, 0.15) is 42.5 Å². The molecule has 3 rings (SSSR count). The lowest BCUT2D eigenvalue weighted by Crippen LogP contribution is -2.48. The zero-order chi connectivity index (χ0) is 14.2. The van der Waals surface area contributed by atoms with Crippen LogP contribution in [0.4, 0.5) is 5.69 Å². The monoisotopic (exact) mass is 295 g/mol. The molecule has 2 fully saturated rings. The molecule has 0 radical (unpaired) electrons. The van der Waals surface area contributed by atoms with Crippen molar-refractivity contribution in [2.75, 3.05) is 12.3 Å². The number of benzene rings is 1. The summed E-state index contributed by atoms with van der Waals surface area (Å²) in [6.07, 6.45) is 4.87. The van der Waals surface area contributed by atoms with Gasteiger partial charge in [-0.2, -0.15) is 0 Å². The summed E-state index contributed by atoms with van der Waals surface area (Å²) in [5.41, 5.74) is 6.52. The lowest BCUT2D eigenvalue weighted by atomic mass is 9.74. The van der Waals surface area contributed by atoms with Crippen molar-refractivity contribution in [3.63, 3.8) is 0 Å². The van der Waals surface area contributed by atoms with Gasteiger partial charge in [0.25, 0.3) is 0 Å². The van der Waals surface area contributed by atoms with E-state index in [0.717, 1.165) is 25.7 Å². The van der Waals surface area contributed by atoms with Crippen molar-refractivity contribution in [3.8, 4) is 0 Å². The molecule has 0 aromatic heterocycles. The Kier molecular flexibility index (Phi) is 3.61. The second-order valence-corrected chi connectivity index (χ2v) is 6.05. The number of rotatable bonds is 2. The fourth-order valence-corrected chi connectivity index (χ4v) is 3.01. The van der Waals surface area contributed by atoms with Gasteiger partial charge >= 0.3 is 5.97 Å². The van der Waals surface area contributed by atoms with Crippen LogP contribution >= 0.6 is 11.6 Å². The number of ether oxygens (including phenoxy) is 2. The largest absolute Gasteiger partial charge is 0.459 e. The summed E-state index contributed by atoms with van der Waals surface area (Å²) in [5, 5.41) is 0.445. The number of halogens is 1. The van der Waals surface area contributed by atoms with E-state index < -0.39 is 0 Å². The number of carbonyl (C=O) groups is 1. The Morgan fingerprint density at radius 1 is 1.45 bits per heavy atom. The van der Waals surface area contributed by atoms with Gasteiger partial charge in [0.2, 0.25) is 0 Å². The number of anilines is 1. The third kappa shape index (κ3) is 2.63. The van der Waals surface area contributed by atoms with E-state index in [1.54, 1.807) is 18.2 Å². The minimum atomic E-state index is -0.338. The third-order valence-electron chi connectivity index (χ3n) is 4.22. The second-order valence-electron chi connectivity index (χ2n) is 5.64. The van der Waals surface area contributed by atoms with Gasteiger partial charge < -0.3 is 15.2 Å². The van der Waals surface area contributed by atoms with Crippen LogP contribution in [0.2, 0.25) is 5.02 Å². The van der Waals surface area contributed by atoms with Crippen molar-refractivity contribution in [1.82, 2.24) is 0 Å². The van der Waals surface area contributed by atoms with Gasteiger partial charge in [0.15, 0.2) is 0 Å². The number of hydrogen-bond acceptors (Lipinski definition) is 4. The van der Waals surface area contributed by atoms with E-state index in [4.69, 9.17) is 26.8 Å². The van der Waals surface area contributed by atoms with Crippen molar-refractivity contribution >= 4 is 23.3 Å². The molecule has 5 heteroatoms. The normalized spacial score (nSPS) is 24.1. The van der Waals surface area contributed by atoms with Crippen molar-refractivity contribution in [1.29, 1.82) is 0 Å². The Labute approximate surface area is 123 Å². The van der Waals surface area contributed by atoms with E-state index in [1.807, 2.05) is 0 Å². The third-order valence-corrected chi connectivity index (χ3v) is 4.56. The molecule has 1 aromatic carbocycles. The maximum absolute atomic E-state index is 12.1. The van der Waals surface area contributed by atoms with Gasteiger partial charge in [-0.1, -0.05) is 11.6 Å². The van der Waals surface area contributed by atoms with Gasteiger partial charge in [-0.15, -0.1) is 0 Å². The molecule has 1 aliphatic heterocycles. The van der Waals surface area contributed by atoms with Gasteiger partial charge in [-0.3, -0.25) is 0 Å². The quantitative estimate of drug-likeness (QED) is 0.672. The zero-order valence-corrected chi connectivity index (χ0v) is 12.0. The minimum absolute atomic E-state index is 0.0256. The van der Waals surface area contributed by atoms with Gasteiger partial charge in [0.05, 0.1) is 28.5 Å². The first kappa shape index (κ1) is 13.7. The maximum atomic E-state index is 12.1. The average Bonchev–Trinajstić information content (AvgIpc) is 2.40. The van der Waals surface area contributed by atoms with Gasteiger partial charge in [0, 0.05) is 12.8 Å². The molecule has 2 N–H and O–H groups in total. The summed E-state index contributed by atoms with van der Waals surface area (Å²) in [7, 11) is 0. The van der Waals surface area contributed by atoms with Crippen LogP contribution in [0.5, 0.6) is 0 Å². The molecule has 1 saturated heterocycles. The number of hydrogen-bond donors (Lipinski definition) is 1. The van der Waals surface area contributed by atoms with Gasteiger partial charge in [0.1, 0.15) is 6.10 Å². The van der Waals surface area contributed by atoms with E-state index in [-0.39, 0.29) is 17.7 Å². The molecule has 0 bridgehead atoms. The summed E-state index contributed by atoms with van der Waals surface area (Å²) in [5.74, 6) is -0.338. The van der Waals surface area contributed by atoms with Crippen molar-refractivity contribution < 1.29 is 14.3 Å². The molecule has 0 amide bonds. The first-order chi connectivity index (χ1) is 9.58. The predicted octanol–water partition coefficient (Wildman–Crippen LogP) is 3.18. The van der Waals surface area contributed by atoms with Crippen molar-refractivity contribution in [2.45, 2.75) is 43.8 Å². The van der Waals surface area contributed by atoms with Crippen LogP contribution in [0.15, 0.2) is 18.2 Å². The Morgan fingerprint density at radius 3 is 2.90 bits per heavy atom. The molecule has 1 atom stereocenters. The van der Waals surface area contributed by atoms with E-state index in [0.29, 0.717) is 22.9 Å². The SMILES string of the molecule is Nc1cc(C(=O)OC2CCOC3(CCC3)C2)ccc1Cl. The van der Waals surface area contributed by atoms with Crippen molar-refractivity contribution in [3.05, 3.63) is 28.8 Å². The molecular weight excluding hydrogens is 278 g/mol. The summed E-state index contributed by atoms with van der Waals surface area (Å²) in [6, 6.07) is 4.81. The Hall–Kier alpha value is -1.26. The highest BCUT2D eigenvalue weighted by atomic mass is 35.5. The van der Waals surface area contributed by atoms with E-state index in [1.165, 1.54) is 6.42 Å². The smallest absolute Gasteiger partial charge is 0.338 e. The predicted molar refractivity (Wildman–Crippen MR) is 76.8 cm³/mol. The highest BCUT2D eigenvalue weighted by Gasteiger charge is 2.43. The number of carbonyl (C=O) groups excluding carboxylic acids is 1. The molecule has 20 heavy (non-hydrogen) atoms. The number of nitrogens with two attached hydrogens (primary N) is 1. The molecule has 108 valence electrons. The zero-order valence-electron chi connectivity index (χ0n) is 11.2. The molecule has 2 aliphatic rings. The second kappa shape index (κ2) is 5.26. The molecule has 1 heterocycles. The first-order valence-corrected chi connectivity index (χ1v) is 7.36. The van der Waals surface area contributed by atoms with E-state index >= 15 is 0 Å². The molecule has 1 unspecified atom stereocenters. The fourth-order valence-electron chi connectivity index (χ4n) is 2.89. The van der Waals surface area contributed by atoms with Crippen LogP contribution in [-0.2, 0) is 9.47 Å². The van der Waals surface area contributed by atoms with Gasteiger partial charge in [-0.05, 0) is 37.5 Å². The molecular formula is C15H18ClNO3. The van der Waals surface area contributed by atoms with Crippen LogP contribution in [0.3, 0.4) is 0 Å². The molecule has 1 aromatic rings. The molecule has 4 nitrogen and oxygen atoms in total. The van der Waals surface area contributed by atoms with Crippen LogP contribution in [-0.4, -0.2) is 24.3 Å². The highest BCUT2D eigenvalue weighted by molar-refractivity contribution is 6.33. The van der Waals surface area contributed by atoms with Gasteiger partial charge in [-0.25, -0.2) is 4.79 Å². The topological polar surface area (TPSA) is 61.6 Å². The Morgan fingerprint density at radius 2 is 2.25 bits per heavy atom. The van der Waals surface area contributed by atoms with E-state index in [9.17, 15) is 4.79 Å². The number of esters is 1. The first-order valence-electron chi connectivity index (χ1n) is 6.98.